The van der Waals surface area contributed by atoms with E-state index in [-0.39, 0.29) is 0 Å². The van der Waals surface area contributed by atoms with Gasteiger partial charge in [-0.05, 0) is 43.2 Å². The Morgan fingerprint density at radius 3 is 2.68 bits per heavy atom. The molecule has 0 spiro atoms. The Morgan fingerprint density at radius 1 is 1.05 bits per heavy atom. The van der Waals surface area contributed by atoms with Crippen LogP contribution in [0.15, 0.2) is 58.3 Å². The van der Waals surface area contributed by atoms with Gasteiger partial charge in [0.25, 0.3) is 0 Å². The van der Waals surface area contributed by atoms with Crippen LogP contribution in [0, 0.1) is 18.6 Å². The summed E-state index contributed by atoms with van der Waals surface area (Å²) in [5, 5.41) is 0. The minimum atomic E-state index is -0.806. The van der Waals surface area contributed by atoms with Gasteiger partial charge in [0.2, 0.25) is 0 Å². The summed E-state index contributed by atoms with van der Waals surface area (Å²) in [4.78, 5) is 3.54. The van der Waals surface area contributed by atoms with Crippen molar-refractivity contribution in [2.24, 2.45) is 0 Å². The van der Waals surface area contributed by atoms with E-state index >= 15 is 0 Å². The zero-order valence-corrected chi connectivity index (χ0v) is 13.2. The Bertz CT molecular complexity index is 712. The molecule has 0 aliphatic carbocycles. The first-order valence-corrected chi connectivity index (χ1v) is 8.09. The van der Waals surface area contributed by atoms with Crippen LogP contribution in [-0.4, -0.2) is 13.1 Å². The highest BCUT2D eigenvalue weighted by Crippen LogP contribution is 2.38. The minimum Gasteiger partial charge on any atom is -0.367 e. The van der Waals surface area contributed by atoms with E-state index < -0.39 is 11.6 Å². The molecule has 1 heterocycles. The maximum Gasteiger partial charge on any atom is 0.172 e. The van der Waals surface area contributed by atoms with Crippen molar-refractivity contribution in [2.45, 2.75) is 23.1 Å². The van der Waals surface area contributed by atoms with Crippen molar-refractivity contribution >= 4 is 17.4 Å². The summed E-state index contributed by atoms with van der Waals surface area (Å²) in [7, 11) is 0. The lowest BCUT2D eigenvalue weighted by Crippen LogP contribution is -2.27. The van der Waals surface area contributed by atoms with Gasteiger partial charge in [-0.25, -0.2) is 8.78 Å². The highest BCUT2D eigenvalue weighted by Gasteiger charge is 2.16. The van der Waals surface area contributed by atoms with Gasteiger partial charge < -0.3 is 4.90 Å². The number of hydrogen-bond acceptors (Lipinski definition) is 2. The molecule has 0 atom stereocenters. The van der Waals surface area contributed by atoms with E-state index in [0.29, 0.717) is 4.90 Å². The monoisotopic (exact) mass is 317 g/mol. The second-order valence-electron chi connectivity index (χ2n) is 5.33. The van der Waals surface area contributed by atoms with Crippen molar-refractivity contribution in [3.8, 4) is 0 Å². The van der Waals surface area contributed by atoms with Crippen molar-refractivity contribution in [3.05, 3.63) is 65.7 Å². The number of aryl methyl sites for hydroxylation is 1. The molecule has 0 radical (unpaired) electrons. The second kappa shape index (κ2) is 6.53. The first-order valence-electron chi connectivity index (χ1n) is 7.27. The first-order chi connectivity index (χ1) is 10.6. The molecule has 0 unspecified atom stereocenters. The summed E-state index contributed by atoms with van der Waals surface area (Å²) in [6.07, 6.45) is 5.32. The van der Waals surface area contributed by atoms with Crippen LogP contribution in [0.4, 0.5) is 14.5 Å². The lowest BCUT2D eigenvalue weighted by Gasteiger charge is -2.28. The van der Waals surface area contributed by atoms with Gasteiger partial charge in [-0.1, -0.05) is 36.0 Å². The van der Waals surface area contributed by atoms with Crippen LogP contribution in [0.25, 0.3) is 0 Å². The zero-order chi connectivity index (χ0) is 15.5. The van der Waals surface area contributed by atoms with Crippen molar-refractivity contribution in [2.75, 3.05) is 18.0 Å². The molecule has 2 aromatic carbocycles. The first kappa shape index (κ1) is 15.1. The SMILES string of the molecule is Cc1ccc(Sc2cccc(F)c2F)c(N2CC=CCC2)c1. The summed E-state index contributed by atoms with van der Waals surface area (Å²) in [6.45, 7) is 3.84. The van der Waals surface area contributed by atoms with Crippen molar-refractivity contribution in [3.63, 3.8) is 0 Å². The third kappa shape index (κ3) is 3.17. The Labute approximate surface area is 133 Å². The van der Waals surface area contributed by atoms with E-state index in [9.17, 15) is 8.78 Å². The van der Waals surface area contributed by atoms with E-state index in [1.54, 1.807) is 6.07 Å². The predicted octanol–water partition coefficient (Wildman–Crippen LogP) is 5.19. The predicted molar refractivity (Wildman–Crippen MR) is 87.6 cm³/mol. The maximum atomic E-state index is 13.9. The number of benzene rings is 2. The van der Waals surface area contributed by atoms with Gasteiger partial charge in [0.15, 0.2) is 11.6 Å². The molecule has 0 amide bonds. The smallest absolute Gasteiger partial charge is 0.172 e. The van der Waals surface area contributed by atoms with E-state index in [0.717, 1.165) is 41.7 Å². The summed E-state index contributed by atoms with van der Waals surface area (Å²) in [5.41, 5.74) is 2.24. The topological polar surface area (TPSA) is 3.24 Å². The Hall–Kier alpha value is -1.81. The molecule has 0 saturated heterocycles. The maximum absolute atomic E-state index is 13.9. The summed E-state index contributed by atoms with van der Waals surface area (Å²) in [6, 6.07) is 10.4. The van der Waals surface area contributed by atoms with Gasteiger partial charge >= 0.3 is 0 Å². The molecule has 114 valence electrons. The molecule has 1 aliphatic rings. The molecule has 22 heavy (non-hydrogen) atoms. The number of nitrogens with zero attached hydrogens (tertiary/aromatic N) is 1. The molecule has 2 aromatic rings. The lowest BCUT2D eigenvalue weighted by atomic mass is 10.1. The van der Waals surface area contributed by atoms with Crippen LogP contribution in [0.5, 0.6) is 0 Å². The fraction of sp³-hybridized carbons (Fsp3) is 0.222. The van der Waals surface area contributed by atoms with Crippen LogP contribution in [-0.2, 0) is 0 Å². The molecule has 3 rings (SSSR count). The van der Waals surface area contributed by atoms with Crippen LogP contribution >= 0.6 is 11.8 Å². The van der Waals surface area contributed by atoms with E-state index in [1.165, 1.54) is 17.8 Å². The molecule has 0 saturated carbocycles. The highest BCUT2D eigenvalue weighted by molar-refractivity contribution is 7.99. The average molecular weight is 317 g/mol. The highest BCUT2D eigenvalue weighted by atomic mass is 32.2. The Balaban J connectivity index is 1.96. The van der Waals surface area contributed by atoms with Gasteiger partial charge in [-0.3, -0.25) is 0 Å². The third-order valence-corrected chi connectivity index (χ3v) is 4.75. The molecule has 0 aromatic heterocycles. The second-order valence-corrected chi connectivity index (χ2v) is 6.42. The van der Waals surface area contributed by atoms with E-state index in [4.69, 9.17) is 0 Å². The van der Waals surface area contributed by atoms with E-state index in [1.807, 2.05) is 19.1 Å². The van der Waals surface area contributed by atoms with Crippen LogP contribution < -0.4 is 4.90 Å². The fourth-order valence-corrected chi connectivity index (χ4v) is 3.50. The average Bonchev–Trinajstić information content (AvgIpc) is 2.54. The molecule has 0 fully saturated rings. The van der Waals surface area contributed by atoms with Crippen LogP contribution in [0.1, 0.15) is 12.0 Å². The number of hydrogen-bond donors (Lipinski definition) is 0. The largest absolute Gasteiger partial charge is 0.367 e. The fourth-order valence-electron chi connectivity index (χ4n) is 2.50. The van der Waals surface area contributed by atoms with Gasteiger partial charge in [-0.2, -0.15) is 0 Å². The lowest BCUT2D eigenvalue weighted by molar-refractivity contribution is 0.491. The van der Waals surface area contributed by atoms with Gasteiger partial charge in [0.05, 0.1) is 10.6 Å². The minimum absolute atomic E-state index is 0.317. The van der Waals surface area contributed by atoms with Crippen molar-refractivity contribution in [1.82, 2.24) is 0 Å². The van der Waals surface area contributed by atoms with Crippen molar-refractivity contribution in [1.29, 1.82) is 0 Å². The summed E-state index contributed by atoms with van der Waals surface area (Å²) < 4.78 is 27.3. The number of anilines is 1. The Morgan fingerprint density at radius 2 is 1.91 bits per heavy atom. The third-order valence-electron chi connectivity index (χ3n) is 3.65. The zero-order valence-electron chi connectivity index (χ0n) is 12.4. The quantitative estimate of drug-likeness (QED) is 0.717. The number of rotatable bonds is 3. The van der Waals surface area contributed by atoms with Gasteiger partial charge in [0.1, 0.15) is 0 Å². The standard InChI is InChI=1S/C18H17F2NS/c1-13-8-9-16(15(12-13)21-10-3-2-4-11-21)22-17-7-5-6-14(19)18(17)20/h2-3,5-9,12H,4,10-11H2,1H3. The molecule has 0 N–H and O–H groups in total. The van der Waals surface area contributed by atoms with Gasteiger partial charge in [-0.15, -0.1) is 0 Å². The summed E-state index contributed by atoms with van der Waals surface area (Å²) in [5.74, 6) is -1.59. The van der Waals surface area contributed by atoms with Crippen LogP contribution in [0.3, 0.4) is 0 Å². The molecule has 4 heteroatoms. The van der Waals surface area contributed by atoms with Gasteiger partial charge in [0, 0.05) is 18.0 Å². The van der Waals surface area contributed by atoms with E-state index in [2.05, 4.69) is 23.1 Å². The number of halogens is 2. The molecular weight excluding hydrogens is 300 g/mol. The van der Waals surface area contributed by atoms with Crippen LogP contribution in [0.2, 0.25) is 0 Å². The summed E-state index contributed by atoms with van der Waals surface area (Å²) >= 11 is 1.28. The Kier molecular flexibility index (Phi) is 4.48. The van der Waals surface area contributed by atoms with Crippen molar-refractivity contribution < 1.29 is 8.78 Å². The molecule has 1 nitrogen and oxygen atoms in total. The molecular formula is C18H17F2NS. The molecule has 1 aliphatic heterocycles. The normalized spacial score (nSPS) is 14.4. The molecule has 0 bridgehead atoms.